The van der Waals surface area contributed by atoms with E-state index >= 15 is 0 Å². The highest BCUT2D eigenvalue weighted by atomic mass is 35.5. The molecule has 112 valence electrons. The molecule has 6 heteroatoms. The molecular formula is C15H17ClN2O2S. The predicted molar refractivity (Wildman–Crippen MR) is 84.2 cm³/mol. The number of hydrogen-bond acceptors (Lipinski definition) is 5. The van der Waals surface area contributed by atoms with E-state index in [1.54, 1.807) is 14.2 Å². The average molecular weight is 325 g/mol. The van der Waals surface area contributed by atoms with Crippen molar-refractivity contribution < 1.29 is 9.47 Å². The van der Waals surface area contributed by atoms with Gasteiger partial charge in [0, 0.05) is 19.7 Å². The molecule has 4 nitrogen and oxygen atoms in total. The molecule has 3 rings (SSSR count). The van der Waals surface area contributed by atoms with Gasteiger partial charge in [-0.25, -0.2) is 0 Å². The number of halogens is 1. The fourth-order valence-corrected chi connectivity index (χ4v) is 3.80. The first-order chi connectivity index (χ1) is 10.2. The Balaban J connectivity index is 1.70. The summed E-state index contributed by atoms with van der Waals surface area (Å²) in [6.45, 7) is 0.665. The van der Waals surface area contributed by atoms with Gasteiger partial charge in [0.2, 0.25) is 5.88 Å². The first kappa shape index (κ1) is 14.8. The second-order valence-corrected chi connectivity index (χ2v) is 6.21. The van der Waals surface area contributed by atoms with Crippen LogP contribution in [0.15, 0.2) is 24.3 Å². The molecule has 0 bridgehead atoms. The summed E-state index contributed by atoms with van der Waals surface area (Å²) in [5, 5.41) is 4.13. The van der Waals surface area contributed by atoms with E-state index in [1.165, 1.54) is 22.7 Å². The zero-order chi connectivity index (χ0) is 14.8. The molecule has 0 saturated carbocycles. The van der Waals surface area contributed by atoms with Crippen LogP contribution in [0.4, 0.5) is 0 Å². The Hall–Kier alpha value is -1.14. The van der Waals surface area contributed by atoms with Crippen LogP contribution in [0.25, 0.3) is 0 Å². The van der Waals surface area contributed by atoms with Gasteiger partial charge in [0.25, 0.3) is 0 Å². The second kappa shape index (κ2) is 6.32. The first-order valence-corrected chi connectivity index (χ1v) is 7.91. The molecule has 1 aliphatic rings. The molecule has 0 unspecified atom stereocenters. The van der Waals surface area contributed by atoms with Crippen molar-refractivity contribution in [2.75, 3.05) is 14.2 Å². The van der Waals surface area contributed by atoms with Crippen molar-refractivity contribution >= 4 is 23.1 Å². The van der Waals surface area contributed by atoms with Crippen molar-refractivity contribution in [2.24, 2.45) is 0 Å². The van der Waals surface area contributed by atoms with Crippen LogP contribution in [-0.2, 0) is 17.7 Å². The Morgan fingerprint density at radius 1 is 1.38 bits per heavy atom. The fraction of sp³-hybridized carbons (Fsp3) is 0.400. The van der Waals surface area contributed by atoms with Gasteiger partial charge in [-0.05, 0) is 29.1 Å². The molecule has 1 aliphatic carbocycles. The highest BCUT2D eigenvalue weighted by molar-refractivity contribution is 7.06. The summed E-state index contributed by atoms with van der Waals surface area (Å²) in [4.78, 5) is 0.985. The smallest absolute Gasteiger partial charge is 0.244 e. The third kappa shape index (κ3) is 2.79. The van der Waals surface area contributed by atoms with Gasteiger partial charge in [-0.1, -0.05) is 35.9 Å². The van der Waals surface area contributed by atoms with E-state index < -0.39 is 0 Å². The number of rotatable bonds is 5. The molecule has 0 aliphatic heterocycles. The summed E-state index contributed by atoms with van der Waals surface area (Å²) in [6, 6.07) is 8.66. The fourth-order valence-electron chi connectivity index (χ4n) is 2.79. The zero-order valence-corrected chi connectivity index (χ0v) is 13.5. The van der Waals surface area contributed by atoms with Crippen LogP contribution in [0.5, 0.6) is 5.88 Å². The van der Waals surface area contributed by atoms with Gasteiger partial charge in [-0.3, -0.25) is 0 Å². The molecule has 1 aromatic heterocycles. The number of benzene rings is 1. The number of ether oxygens (including phenoxy) is 2. The Labute approximate surface area is 133 Å². The van der Waals surface area contributed by atoms with Gasteiger partial charge in [0.1, 0.15) is 5.02 Å². The summed E-state index contributed by atoms with van der Waals surface area (Å²) in [7, 11) is 3.33. The Kier molecular flexibility index (Phi) is 4.45. The third-order valence-electron chi connectivity index (χ3n) is 3.81. The lowest BCUT2D eigenvalue weighted by Crippen LogP contribution is -2.33. The molecule has 1 heterocycles. The largest absolute Gasteiger partial charge is 0.479 e. The molecule has 0 amide bonds. The summed E-state index contributed by atoms with van der Waals surface area (Å²) in [6.07, 6.45) is 1.04. The second-order valence-electron chi connectivity index (χ2n) is 4.98. The highest BCUT2D eigenvalue weighted by Gasteiger charge is 2.32. The van der Waals surface area contributed by atoms with E-state index in [0.29, 0.717) is 17.4 Å². The van der Waals surface area contributed by atoms with Crippen LogP contribution in [0.1, 0.15) is 22.1 Å². The Morgan fingerprint density at radius 3 is 2.90 bits per heavy atom. The third-order valence-corrected chi connectivity index (χ3v) is 5.14. The number of aromatic nitrogens is 1. The van der Waals surface area contributed by atoms with Gasteiger partial charge >= 0.3 is 0 Å². The standard InChI is InChI=1S/C15H17ClN2O2S/c1-19-14-10-6-4-3-5-9(10)7-11(14)17-8-12-13(16)15(20-2)18-21-12/h3-6,11,14,17H,7-8H2,1-2H3/t11-,14+/m0/s1. The van der Waals surface area contributed by atoms with E-state index in [0.717, 1.165) is 11.3 Å². The quantitative estimate of drug-likeness (QED) is 0.917. The van der Waals surface area contributed by atoms with Gasteiger partial charge in [-0.2, -0.15) is 4.37 Å². The molecule has 0 radical (unpaired) electrons. The summed E-state index contributed by atoms with van der Waals surface area (Å²) < 4.78 is 14.9. The molecule has 0 fully saturated rings. The lowest BCUT2D eigenvalue weighted by molar-refractivity contribution is 0.0778. The van der Waals surface area contributed by atoms with Crippen molar-refractivity contribution in [3.63, 3.8) is 0 Å². The van der Waals surface area contributed by atoms with Crippen LogP contribution in [0.3, 0.4) is 0 Å². The summed E-state index contributed by atoms with van der Waals surface area (Å²) in [5.74, 6) is 0.497. The molecule has 1 aromatic carbocycles. The average Bonchev–Trinajstić information content (AvgIpc) is 3.04. The molecule has 0 saturated heterocycles. The monoisotopic (exact) mass is 324 g/mol. The lowest BCUT2D eigenvalue weighted by Gasteiger charge is -2.20. The van der Waals surface area contributed by atoms with E-state index in [2.05, 4.69) is 34.0 Å². The van der Waals surface area contributed by atoms with Gasteiger partial charge in [0.15, 0.2) is 0 Å². The Morgan fingerprint density at radius 2 is 2.19 bits per heavy atom. The molecular weight excluding hydrogens is 308 g/mol. The van der Waals surface area contributed by atoms with Crippen molar-refractivity contribution in [2.45, 2.75) is 25.1 Å². The van der Waals surface area contributed by atoms with Crippen molar-refractivity contribution in [1.82, 2.24) is 9.69 Å². The number of nitrogens with zero attached hydrogens (tertiary/aromatic N) is 1. The predicted octanol–water partition coefficient (Wildman–Crippen LogP) is 3.21. The number of nitrogens with one attached hydrogen (secondary N) is 1. The number of hydrogen-bond donors (Lipinski definition) is 1. The summed E-state index contributed by atoms with van der Waals surface area (Å²) in [5.41, 5.74) is 2.61. The molecule has 2 aromatic rings. The van der Waals surface area contributed by atoms with Crippen molar-refractivity contribution in [3.8, 4) is 5.88 Å². The van der Waals surface area contributed by atoms with Crippen LogP contribution in [0, 0.1) is 0 Å². The topological polar surface area (TPSA) is 43.4 Å². The van der Waals surface area contributed by atoms with E-state index in [9.17, 15) is 0 Å². The maximum absolute atomic E-state index is 6.22. The zero-order valence-electron chi connectivity index (χ0n) is 11.9. The lowest BCUT2D eigenvalue weighted by atomic mass is 10.1. The van der Waals surface area contributed by atoms with Crippen LogP contribution < -0.4 is 10.1 Å². The van der Waals surface area contributed by atoms with Crippen LogP contribution in [-0.4, -0.2) is 24.6 Å². The first-order valence-electron chi connectivity index (χ1n) is 6.76. The minimum Gasteiger partial charge on any atom is -0.479 e. The minimum atomic E-state index is 0.0785. The SMILES string of the molecule is COc1nsc(CN[C@H]2Cc3ccccc3[C@H]2OC)c1Cl. The van der Waals surface area contributed by atoms with E-state index in [4.69, 9.17) is 21.1 Å². The minimum absolute atomic E-state index is 0.0785. The van der Waals surface area contributed by atoms with Crippen LogP contribution >= 0.6 is 23.1 Å². The van der Waals surface area contributed by atoms with Crippen molar-refractivity contribution in [1.29, 1.82) is 0 Å². The number of fused-ring (bicyclic) bond motifs is 1. The van der Waals surface area contributed by atoms with Crippen molar-refractivity contribution in [3.05, 3.63) is 45.3 Å². The van der Waals surface area contributed by atoms with Gasteiger partial charge in [0.05, 0.1) is 18.1 Å². The van der Waals surface area contributed by atoms with E-state index in [1.807, 2.05) is 0 Å². The number of methoxy groups -OCH3 is 2. The van der Waals surface area contributed by atoms with E-state index in [-0.39, 0.29) is 12.1 Å². The normalized spacial score (nSPS) is 20.5. The molecule has 2 atom stereocenters. The molecule has 21 heavy (non-hydrogen) atoms. The van der Waals surface area contributed by atoms with Gasteiger partial charge < -0.3 is 14.8 Å². The molecule has 1 N–H and O–H groups in total. The highest BCUT2D eigenvalue weighted by Crippen LogP contribution is 2.35. The maximum atomic E-state index is 6.22. The summed E-state index contributed by atoms with van der Waals surface area (Å²) >= 11 is 7.59. The Bertz CT molecular complexity index is 632. The van der Waals surface area contributed by atoms with Crippen LogP contribution in [0.2, 0.25) is 5.02 Å². The maximum Gasteiger partial charge on any atom is 0.244 e. The molecule has 0 spiro atoms. The van der Waals surface area contributed by atoms with Gasteiger partial charge in [-0.15, -0.1) is 0 Å².